The van der Waals surface area contributed by atoms with Crippen molar-refractivity contribution in [1.82, 2.24) is 14.7 Å². The molecular weight excluding hydrogens is 290 g/mol. The topological polar surface area (TPSA) is 63.5 Å². The highest BCUT2D eigenvalue weighted by Gasteiger charge is 2.09. The zero-order chi connectivity index (χ0) is 16.4. The summed E-state index contributed by atoms with van der Waals surface area (Å²) in [5.74, 6) is 0.359. The van der Waals surface area contributed by atoms with Crippen molar-refractivity contribution < 1.29 is 4.79 Å². The second kappa shape index (κ2) is 6.20. The lowest BCUT2D eigenvalue weighted by Gasteiger charge is -2.08. The third-order valence-electron chi connectivity index (χ3n) is 3.78. The van der Waals surface area contributed by atoms with Crippen molar-refractivity contribution in [2.24, 2.45) is 5.92 Å². The van der Waals surface area contributed by atoms with E-state index < -0.39 is 0 Å². The van der Waals surface area contributed by atoms with Crippen LogP contribution in [0, 0.1) is 5.92 Å². The number of nitrogens with one attached hydrogen (secondary N) is 1. The van der Waals surface area contributed by atoms with Crippen LogP contribution in [0.4, 0.5) is 0 Å². The van der Waals surface area contributed by atoms with Gasteiger partial charge in [-0.25, -0.2) is 4.98 Å². The molecule has 0 aliphatic carbocycles. The lowest BCUT2D eigenvalue weighted by molar-refractivity contribution is 0.0951. The van der Waals surface area contributed by atoms with Gasteiger partial charge in [-0.15, -0.1) is 0 Å². The molecule has 0 unspecified atom stereocenters. The quantitative estimate of drug-likeness (QED) is 0.754. The summed E-state index contributed by atoms with van der Waals surface area (Å²) in [6, 6.07) is 10.6. The number of rotatable bonds is 4. The van der Waals surface area contributed by atoms with Crippen LogP contribution in [0.3, 0.4) is 0 Å². The summed E-state index contributed by atoms with van der Waals surface area (Å²) in [6.07, 6.45) is 2.48. The summed E-state index contributed by atoms with van der Waals surface area (Å²) in [5.41, 5.74) is 1.49. The van der Waals surface area contributed by atoms with Gasteiger partial charge in [0.25, 0.3) is 11.5 Å². The first-order valence-corrected chi connectivity index (χ1v) is 7.75. The van der Waals surface area contributed by atoms with E-state index in [1.165, 1.54) is 4.40 Å². The average Bonchev–Trinajstić information content (AvgIpc) is 2.54. The van der Waals surface area contributed by atoms with Gasteiger partial charge in [-0.3, -0.25) is 14.0 Å². The Hall–Kier alpha value is -2.69. The molecule has 0 aliphatic heterocycles. The Morgan fingerprint density at radius 3 is 2.78 bits per heavy atom. The van der Waals surface area contributed by atoms with E-state index in [4.69, 9.17) is 0 Å². The van der Waals surface area contributed by atoms with E-state index >= 15 is 0 Å². The van der Waals surface area contributed by atoms with Crippen LogP contribution in [-0.2, 0) is 0 Å². The first-order chi connectivity index (χ1) is 11.1. The molecule has 0 spiro atoms. The van der Waals surface area contributed by atoms with Crippen LogP contribution in [0.15, 0.2) is 47.4 Å². The van der Waals surface area contributed by atoms with Crippen LogP contribution in [0.1, 0.15) is 30.6 Å². The summed E-state index contributed by atoms with van der Waals surface area (Å²) < 4.78 is 1.43. The molecule has 5 nitrogen and oxygen atoms in total. The predicted octanol–water partition coefficient (Wildman–Crippen LogP) is 2.62. The average molecular weight is 309 g/mol. The van der Waals surface area contributed by atoms with Gasteiger partial charge in [-0.2, -0.15) is 0 Å². The molecule has 2 heterocycles. The molecule has 1 aromatic carbocycles. The highest BCUT2D eigenvalue weighted by molar-refractivity contribution is 5.94. The number of aromatic nitrogens is 2. The molecule has 0 bridgehead atoms. The van der Waals surface area contributed by atoms with Crippen LogP contribution < -0.4 is 10.9 Å². The smallest absolute Gasteiger partial charge is 0.265 e. The first-order valence-electron chi connectivity index (χ1n) is 7.75. The van der Waals surface area contributed by atoms with Gasteiger partial charge in [0.2, 0.25) is 0 Å². The number of para-hydroxylation sites is 1. The Labute approximate surface area is 134 Å². The molecular formula is C18H19N3O2. The number of nitrogens with zero attached hydrogens (tertiary/aromatic N) is 2. The van der Waals surface area contributed by atoms with Gasteiger partial charge in [0, 0.05) is 12.7 Å². The second-order valence-corrected chi connectivity index (χ2v) is 6.02. The van der Waals surface area contributed by atoms with Gasteiger partial charge in [-0.1, -0.05) is 26.0 Å². The van der Waals surface area contributed by atoms with Crippen LogP contribution in [-0.4, -0.2) is 21.8 Å². The normalized spacial score (nSPS) is 11.3. The largest absolute Gasteiger partial charge is 0.352 e. The van der Waals surface area contributed by atoms with Crippen LogP contribution >= 0.6 is 0 Å². The van der Waals surface area contributed by atoms with E-state index in [2.05, 4.69) is 24.1 Å². The SMILES string of the molecule is CC(C)CCNC(=O)c1ccc2nc3ccccc3c(=O)n2c1. The Morgan fingerprint density at radius 1 is 1.22 bits per heavy atom. The molecule has 23 heavy (non-hydrogen) atoms. The number of carbonyl (C=O) groups excluding carboxylic acids is 1. The lowest BCUT2D eigenvalue weighted by Crippen LogP contribution is -2.26. The number of hydrogen-bond acceptors (Lipinski definition) is 3. The minimum absolute atomic E-state index is 0.164. The molecule has 0 saturated carbocycles. The fourth-order valence-electron chi connectivity index (χ4n) is 2.46. The highest BCUT2D eigenvalue weighted by atomic mass is 16.1. The first kappa shape index (κ1) is 15.2. The summed E-state index contributed by atoms with van der Waals surface area (Å²) in [4.78, 5) is 29.2. The maximum Gasteiger partial charge on any atom is 0.265 e. The van der Waals surface area contributed by atoms with Crippen LogP contribution in [0.5, 0.6) is 0 Å². The van der Waals surface area contributed by atoms with Gasteiger partial charge in [-0.05, 0) is 36.6 Å². The summed E-state index contributed by atoms with van der Waals surface area (Å²) in [6.45, 7) is 4.84. The highest BCUT2D eigenvalue weighted by Crippen LogP contribution is 2.10. The maximum absolute atomic E-state index is 12.6. The molecule has 0 fully saturated rings. The summed E-state index contributed by atoms with van der Waals surface area (Å²) >= 11 is 0. The monoisotopic (exact) mass is 309 g/mol. The van der Waals surface area contributed by atoms with Crippen molar-refractivity contribution in [2.45, 2.75) is 20.3 Å². The molecule has 3 rings (SSSR count). The van der Waals surface area contributed by atoms with Gasteiger partial charge in [0.05, 0.1) is 16.5 Å². The van der Waals surface area contributed by atoms with Crippen LogP contribution in [0.2, 0.25) is 0 Å². The zero-order valence-electron chi connectivity index (χ0n) is 13.2. The second-order valence-electron chi connectivity index (χ2n) is 6.02. The standard InChI is InChI=1S/C18H19N3O2/c1-12(2)9-10-19-17(22)13-7-8-16-20-15-6-4-3-5-14(15)18(23)21(16)11-13/h3-8,11-12H,9-10H2,1-2H3,(H,19,22). The fourth-order valence-corrected chi connectivity index (χ4v) is 2.46. The molecule has 2 aromatic heterocycles. The molecule has 0 atom stereocenters. The van der Waals surface area contributed by atoms with Crippen molar-refractivity contribution in [3.05, 3.63) is 58.5 Å². The van der Waals surface area contributed by atoms with Crippen molar-refractivity contribution in [3.63, 3.8) is 0 Å². The number of pyridine rings is 1. The molecule has 0 aliphatic rings. The number of hydrogen-bond donors (Lipinski definition) is 1. The van der Waals surface area contributed by atoms with E-state index in [-0.39, 0.29) is 11.5 Å². The molecule has 3 aromatic rings. The predicted molar refractivity (Wildman–Crippen MR) is 90.8 cm³/mol. The maximum atomic E-state index is 12.6. The number of carbonyl (C=O) groups is 1. The van der Waals surface area contributed by atoms with Gasteiger partial charge >= 0.3 is 0 Å². The van der Waals surface area contributed by atoms with Crippen LogP contribution in [0.25, 0.3) is 16.6 Å². The van der Waals surface area contributed by atoms with E-state index in [1.807, 2.05) is 12.1 Å². The van der Waals surface area contributed by atoms with E-state index in [0.29, 0.717) is 34.6 Å². The molecule has 5 heteroatoms. The van der Waals surface area contributed by atoms with Gasteiger partial charge in [0.1, 0.15) is 5.65 Å². The molecule has 1 N–H and O–H groups in total. The lowest BCUT2D eigenvalue weighted by atomic mass is 10.1. The minimum Gasteiger partial charge on any atom is -0.352 e. The third-order valence-corrected chi connectivity index (χ3v) is 3.78. The van der Waals surface area contributed by atoms with E-state index in [1.54, 1.807) is 30.5 Å². The minimum atomic E-state index is -0.174. The van der Waals surface area contributed by atoms with E-state index in [9.17, 15) is 9.59 Å². The third kappa shape index (κ3) is 3.08. The number of fused-ring (bicyclic) bond motifs is 2. The van der Waals surface area contributed by atoms with Crippen molar-refractivity contribution in [3.8, 4) is 0 Å². The van der Waals surface area contributed by atoms with E-state index in [0.717, 1.165) is 6.42 Å². The number of benzene rings is 1. The van der Waals surface area contributed by atoms with Gasteiger partial charge < -0.3 is 5.32 Å². The molecule has 118 valence electrons. The molecule has 0 radical (unpaired) electrons. The zero-order valence-corrected chi connectivity index (χ0v) is 13.2. The summed E-state index contributed by atoms with van der Waals surface area (Å²) in [5, 5.41) is 3.42. The molecule has 1 amide bonds. The Morgan fingerprint density at radius 2 is 2.00 bits per heavy atom. The van der Waals surface area contributed by atoms with Crippen molar-refractivity contribution in [1.29, 1.82) is 0 Å². The van der Waals surface area contributed by atoms with Crippen molar-refractivity contribution >= 4 is 22.5 Å². The van der Waals surface area contributed by atoms with Gasteiger partial charge in [0.15, 0.2) is 0 Å². The molecule has 0 saturated heterocycles. The Balaban J connectivity index is 1.98. The fraction of sp³-hybridized carbons (Fsp3) is 0.278. The van der Waals surface area contributed by atoms with Crippen molar-refractivity contribution in [2.75, 3.05) is 6.54 Å². The Kier molecular flexibility index (Phi) is 4.10. The number of amides is 1. The Bertz CT molecular complexity index is 928. The summed E-state index contributed by atoms with van der Waals surface area (Å²) in [7, 11) is 0.